The number of hydrogen-bond donors (Lipinski definition) is 3. The van der Waals surface area contributed by atoms with Crippen molar-refractivity contribution >= 4 is 23.4 Å². The Morgan fingerprint density at radius 1 is 1.00 bits per heavy atom. The first-order valence-corrected chi connectivity index (χ1v) is 8.54. The smallest absolute Gasteiger partial charge is 0.313 e. The number of ether oxygens (including phenoxy) is 2. The summed E-state index contributed by atoms with van der Waals surface area (Å²) in [5.74, 6) is -0.767. The number of benzene rings is 2. The number of fused-ring (bicyclic) bond motifs is 1. The molecule has 0 saturated carbocycles. The molecule has 0 radical (unpaired) electrons. The molecule has 3 N–H and O–H groups in total. The summed E-state index contributed by atoms with van der Waals surface area (Å²) in [4.78, 5) is 36.2. The lowest BCUT2D eigenvalue weighted by Crippen LogP contribution is -2.36. The van der Waals surface area contributed by atoms with Gasteiger partial charge < -0.3 is 25.4 Å². The van der Waals surface area contributed by atoms with Crippen LogP contribution >= 0.6 is 0 Å². The summed E-state index contributed by atoms with van der Waals surface area (Å²) < 4.78 is 10.6. The summed E-state index contributed by atoms with van der Waals surface area (Å²) in [5, 5.41) is 7.61. The highest BCUT2D eigenvalue weighted by Gasteiger charge is 2.18. The molecular formula is C20H19N3O5. The zero-order valence-corrected chi connectivity index (χ0v) is 15.0. The number of carbonyl (C=O) groups is 3. The van der Waals surface area contributed by atoms with Crippen LogP contribution in [0.4, 0.5) is 5.69 Å². The van der Waals surface area contributed by atoms with E-state index in [1.54, 1.807) is 36.4 Å². The van der Waals surface area contributed by atoms with E-state index in [1.807, 2.05) is 6.07 Å². The number of para-hydroxylation sites is 1. The molecule has 0 spiro atoms. The van der Waals surface area contributed by atoms with Crippen LogP contribution in [0.5, 0.6) is 11.5 Å². The molecule has 8 nitrogen and oxygen atoms in total. The molecular weight excluding hydrogens is 362 g/mol. The Bertz CT molecular complexity index is 926. The monoisotopic (exact) mass is 381 g/mol. The van der Waals surface area contributed by atoms with Crippen molar-refractivity contribution in [2.24, 2.45) is 0 Å². The van der Waals surface area contributed by atoms with Crippen molar-refractivity contribution in [2.75, 3.05) is 18.7 Å². The lowest BCUT2D eigenvalue weighted by atomic mass is 10.1. The standard InChI is InChI=1S/C20H19N3O5/c1-2-9-21-19(25)20(26)23-15-6-4-3-5-14(15)18(24)22-11-13-7-8-16-17(10-13)28-12-27-16/h2-8,10H,1,9,11-12H2,(H,21,25)(H,22,24)(H,23,26). The summed E-state index contributed by atoms with van der Waals surface area (Å²) >= 11 is 0. The van der Waals surface area contributed by atoms with Crippen molar-refractivity contribution in [2.45, 2.75) is 6.54 Å². The largest absolute Gasteiger partial charge is 0.454 e. The molecule has 1 aliphatic heterocycles. The van der Waals surface area contributed by atoms with E-state index in [1.165, 1.54) is 6.08 Å². The van der Waals surface area contributed by atoms with E-state index in [2.05, 4.69) is 22.5 Å². The zero-order chi connectivity index (χ0) is 19.9. The maximum absolute atomic E-state index is 12.6. The van der Waals surface area contributed by atoms with Crippen molar-refractivity contribution in [1.82, 2.24) is 10.6 Å². The molecule has 2 aromatic carbocycles. The molecule has 0 unspecified atom stereocenters. The number of nitrogens with one attached hydrogen (secondary N) is 3. The Kier molecular flexibility index (Phi) is 5.91. The molecule has 0 aliphatic carbocycles. The quantitative estimate of drug-likeness (QED) is 0.520. The first-order valence-electron chi connectivity index (χ1n) is 8.54. The molecule has 0 bridgehead atoms. The predicted octanol–water partition coefficient (Wildman–Crippen LogP) is 1.59. The first-order chi connectivity index (χ1) is 13.6. The van der Waals surface area contributed by atoms with Crippen LogP contribution in [0.2, 0.25) is 0 Å². The van der Waals surface area contributed by atoms with Gasteiger partial charge in [0.05, 0.1) is 11.3 Å². The maximum atomic E-state index is 12.6. The Hall–Kier alpha value is -3.81. The second-order valence-electron chi connectivity index (χ2n) is 5.87. The Labute approximate surface area is 161 Å². The van der Waals surface area contributed by atoms with Gasteiger partial charge in [0.25, 0.3) is 5.91 Å². The molecule has 144 valence electrons. The molecule has 28 heavy (non-hydrogen) atoms. The topological polar surface area (TPSA) is 106 Å². The van der Waals surface area contributed by atoms with Gasteiger partial charge in [0.1, 0.15) is 0 Å². The second-order valence-corrected chi connectivity index (χ2v) is 5.87. The summed E-state index contributed by atoms with van der Waals surface area (Å²) in [7, 11) is 0. The van der Waals surface area contributed by atoms with Crippen LogP contribution in [-0.2, 0) is 16.1 Å². The van der Waals surface area contributed by atoms with Gasteiger partial charge in [-0.3, -0.25) is 14.4 Å². The van der Waals surface area contributed by atoms with Crippen molar-refractivity contribution < 1.29 is 23.9 Å². The minimum absolute atomic E-state index is 0.171. The molecule has 1 aliphatic rings. The highest BCUT2D eigenvalue weighted by molar-refractivity contribution is 6.40. The summed E-state index contributed by atoms with van der Waals surface area (Å²) in [6.45, 7) is 4.07. The highest BCUT2D eigenvalue weighted by atomic mass is 16.7. The third-order valence-electron chi connectivity index (χ3n) is 3.92. The summed E-state index contributed by atoms with van der Waals surface area (Å²) in [6, 6.07) is 11.8. The molecule has 8 heteroatoms. The molecule has 1 heterocycles. The van der Waals surface area contributed by atoms with Crippen LogP contribution in [0, 0.1) is 0 Å². The predicted molar refractivity (Wildman–Crippen MR) is 102 cm³/mol. The third-order valence-corrected chi connectivity index (χ3v) is 3.92. The summed E-state index contributed by atoms with van der Waals surface area (Å²) in [6.07, 6.45) is 1.46. The van der Waals surface area contributed by atoms with E-state index in [0.717, 1.165) is 5.56 Å². The van der Waals surface area contributed by atoms with E-state index in [9.17, 15) is 14.4 Å². The van der Waals surface area contributed by atoms with Gasteiger partial charge in [0.2, 0.25) is 6.79 Å². The minimum atomic E-state index is -0.863. The van der Waals surface area contributed by atoms with Crippen LogP contribution < -0.4 is 25.4 Å². The molecule has 0 atom stereocenters. The minimum Gasteiger partial charge on any atom is -0.454 e. The van der Waals surface area contributed by atoms with Gasteiger partial charge in [-0.25, -0.2) is 0 Å². The molecule has 0 fully saturated rings. The normalized spacial score (nSPS) is 11.4. The Morgan fingerprint density at radius 2 is 1.79 bits per heavy atom. The average Bonchev–Trinajstić information content (AvgIpc) is 3.18. The van der Waals surface area contributed by atoms with Gasteiger partial charge in [-0.1, -0.05) is 24.3 Å². The fourth-order valence-electron chi connectivity index (χ4n) is 2.54. The fourth-order valence-corrected chi connectivity index (χ4v) is 2.54. The van der Waals surface area contributed by atoms with Crippen molar-refractivity contribution in [3.05, 3.63) is 66.2 Å². The van der Waals surface area contributed by atoms with E-state index >= 15 is 0 Å². The number of hydrogen-bond acceptors (Lipinski definition) is 5. The highest BCUT2D eigenvalue weighted by Crippen LogP contribution is 2.32. The fraction of sp³-hybridized carbons (Fsp3) is 0.150. The third kappa shape index (κ3) is 4.47. The van der Waals surface area contributed by atoms with E-state index in [-0.39, 0.29) is 37.0 Å². The van der Waals surface area contributed by atoms with E-state index in [4.69, 9.17) is 9.47 Å². The van der Waals surface area contributed by atoms with Crippen LogP contribution in [0.15, 0.2) is 55.1 Å². The van der Waals surface area contributed by atoms with Crippen LogP contribution in [0.25, 0.3) is 0 Å². The molecule has 0 saturated heterocycles. The van der Waals surface area contributed by atoms with Gasteiger partial charge in [0.15, 0.2) is 11.5 Å². The van der Waals surface area contributed by atoms with Gasteiger partial charge in [-0.15, -0.1) is 6.58 Å². The lowest BCUT2D eigenvalue weighted by molar-refractivity contribution is -0.136. The van der Waals surface area contributed by atoms with Gasteiger partial charge in [-0.05, 0) is 29.8 Å². The first kappa shape index (κ1) is 19.0. The van der Waals surface area contributed by atoms with Gasteiger partial charge in [-0.2, -0.15) is 0 Å². The van der Waals surface area contributed by atoms with Crippen LogP contribution in [-0.4, -0.2) is 31.1 Å². The molecule has 0 aromatic heterocycles. The maximum Gasteiger partial charge on any atom is 0.313 e. The SMILES string of the molecule is C=CCNC(=O)C(=O)Nc1ccccc1C(=O)NCc1ccc2c(c1)OCO2. The number of amides is 3. The average molecular weight is 381 g/mol. The van der Waals surface area contributed by atoms with E-state index in [0.29, 0.717) is 11.5 Å². The van der Waals surface area contributed by atoms with Crippen LogP contribution in [0.3, 0.4) is 0 Å². The Balaban J connectivity index is 1.64. The van der Waals surface area contributed by atoms with Crippen molar-refractivity contribution in [3.63, 3.8) is 0 Å². The van der Waals surface area contributed by atoms with Crippen LogP contribution in [0.1, 0.15) is 15.9 Å². The number of carbonyl (C=O) groups excluding carboxylic acids is 3. The van der Waals surface area contributed by atoms with Crippen molar-refractivity contribution in [3.8, 4) is 11.5 Å². The van der Waals surface area contributed by atoms with E-state index < -0.39 is 11.8 Å². The number of rotatable bonds is 6. The zero-order valence-electron chi connectivity index (χ0n) is 15.0. The lowest BCUT2D eigenvalue weighted by Gasteiger charge is -2.11. The molecule has 3 rings (SSSR count). The molecule has 3 amide bonds. The Morgan fingerprint density at radius 3 is 2.61 bits per heavy atom. The number of anilines is 1. The second kappa shape index (κ2) is 8.72. The van der Waals surface area contributed by atoms with Gasteiger partial charge >= 0.3 is 11.8 Å². The molecule has 2 aromatic rings. The van der Waals surface area contributed by atoms with Gasteiger partial charge in [0, 0.05) is 13.1 Å². The summed E-state index contributed by atoms with van der Waals surface area (Å²) in [5.41, 5.74) is 1.32. The van der Waals surface area contributed by atoms with Crippen molar-refractivity contribution in [1.29, 1.82) is 0 Å².